The standard InChI is InChI=1S/C22H24N2O3S/c1-3-4-12-27-17-13-14(8-10-16(17)26-2)9-11-19-23-21(25)20-15-6-5-7-18(15)28-22(20)24-19/h8-11,13H,3-7,12H2,1-2H3,(H,23,24,25)/b11-9+. The second kappa shape index (κ2) is 8.19. The lowest BCUT2D eigenvalue weighted by molar-refractivity contribution is 0.288. The maximum Gasteiger partial charge on any atom is 0.260 e. The van der Waals surface area contributed by atoms with E-state index in [1.54, 1.807) is 18.4 Å². The fourth-order valence-electron chi connectivity index (χ4n) is 3.51. The zero-order valence-corrected chi connectivity index (χ0v) is 17.0. The molecule has 0 aliphatic heterocycles. The van der Waals surface area contributed by atoms with Crippen molar-refractivity contribution in [2.24, 2.45) is 0 Å². The highest BCUT2D eigenvalue weighted by Gasteiger charge is 2.20. The van der Waals surface area contributed by atoms with E-state index in [9.17, 15) is 4.79 Å². The van der Waals surface area contributed by atoms with Crippen LogP contribution in [0.25, 0.3) is 22.4 Å². The molecule has 0 unspecified atom stereocenters. The molecular formula is C22H24N2O3S. The molecule has 28 heavy (non-hydrogen) atoms. The summed E-state index contributed by atoms with van der Waals surface area (Å²) in [6, 6.07) is 5.80. The molecule has 0 fully saturated rings. The van der Waals surface area contributed by atoms with Crippen LogP contribution in [0.2, 0.25) is 0 Å². The van der Waals surface area contributed by atoms with Crippen LogP contribution in [0.1, 0.15) is 48.0 Å². The molecule has 0 saturated carbocycles. The summed E-state index contributed by atoms with van der Waals surface area (Å²) in [6.45, 7) is 2.79. The molecule has 3 aromatic rings. The number of ether oxygens (including phenoxy) is 2. The van der Waals surface area contributed by atoms with Crippen LogP contribution in [0.4, 0.5) is 0 Å². The molecule has 2 aromatic heterocycles. The minimum absolute atomic E-state index is 0.0395. The van der Waals surface area contributed by atoms with Gasteiger partial charge in [0.2, 0.25) is 0 Å². The first-order chi connectivity index (χ1) is 13.7. The van der Waals surface area contributed by atoms with Gasteiger partial charge in [-0.1, -0.05) is 25.5 Å². The Balaban J connectivity index is 1.60. The number of thiophene rings is 1. The van der Waals surface area contributed by atoms with Crippen molar-refractivity contribution < 1.29 is 9.47 Å². The lowest BCUT2D eigenvalue weighted by Gasteiger charge is -2.11. The Morgan fingerprint density at radius 3 is 2.96 bits per heavy atom. The molecule has 1 aliphatic rings. The SMILES string of the molecule is CCCCOc1cc(/C=C/c2nc3sc4c(c3c(=O)[nH]2)CCC4)ccc1OC. The Kier molecular flexibility index (Phi) is 5.48. The molecule has 0 amide bonds. The first-order valence-corrected chi connectivity index (χ1v) is 10.5. The quantitative estimate of drug-likeness (QED) is 0.581. The number of unbranched alkanes of at least 4 members (excludes halogenated alkanes) is 1. The summed E-state index contributed by atoms with van der Waals surface area (Å²) < 4.78 is 11.2. The molecule has 6 heteroatoms. The van der Waals surface area contributed by atoms with Crippen molar-refractivity contribution in [3.63, 3.8) is 0 Å². The number of aromatic amines is 1. The molecule has 5 nitrogen and oxygen atoms in total. The first-order valence-electron chi connectivity index (χ1n) is 9.73. The third kappa shape index (κ3) is 3.69. The van der Waals surface area contributed by atoms with E-state index in [1.165, 1.54) is 10.4 Å². The summed E-state index contributed by atoms with van der Waals surface area (Å²) in [6.07, 6.45) is 9.03. The van der Waals surface area contributed by atoms with Gasteiger partial charge in [-0.3, -0.25) is 4.79 Å². The summed E-state index contributed by atoms with van der Waals surface area (Å²) in [5.74, 6) is 2.01. The van der Waals surface area contributed by atoms with Gasteiger partial charge >= 0.3 is 0 Å². The van der Waals surface area contributed by atoms with Gasteiger partial charge < -0.3 is 14.5 Å². The minimum Gasteiger partial charge on any atom is -0.493 e. The Bertz CT molecular complexity index is 1080. The van der Waals surface area contributed by atoms with Gasteiger partial charge in [0.25, 0.3) is 5.56 Å². The van der Waals surface area contributed by atoms with Crippen molar-refractivity contribution >= 4 is 33.7 Å². The summed E-state index contributed by atoms with van der Waals surface area (Å²) >= 11 is 1.65. The van der Waals surface area contributed by atoms with Gasteiger partial charge in [-0.25, -0.2) is 4.98 Å². The molecule has 146 valence electrons. The summed E-state index contributed by atoms with van der Waals surface area (Å²) in [7, 11) is 1.64. The second-order valence-electron chi connectivity index (χ2n) is 6.93. The number of benzene rings is 1. The van der Waals surface area contributed by atoms with Gasteiger partial charge in [-0.05, 0) is 55.0 Å². The van der Waals surface area contributed by atoms with E-state index in [0.717, 1.165) is 53.6 Å². The summed E-state index contributed by atoms with van der Waals surface area (Å²) in [4.78, 5) is 22.3. The maximum atomic E-state index is 12.6. The number of aromatic nitrogens is 2. The Morgan fingerprint density at radius 1 is 1.25 bits per heavy atom. The molecule has 0 spiro atoms. The van der Waals surface area contributed by atoms with Gasteiger partial charge in [0.05, 0.1) is 19.1 Å². The Labute approximate surface area is 168 Å². The zero-order chi connectivity index (χ0) is 19.5. The van der Waals surface area contributed by atoms with Gasteiger partial charge in [0, 0.05) is 4.88 Å². The average molecular weight is 397 g/mol. The molecule has 0 radical (unpaired) electrons. The molecular weight excluding hydrogens is 372 g/mol. The number of nitrogens with zero attached hydrogens (tertiary/aromatic N) is 1. The maximum absolute atomic E-state index is 12.6. The van der Waals surface area contributed by atoms with Gasteiger partial charge in [0.1, 0.15) is 10.7 Å². The van der Waals surface area contributed by atoms with Crippen LogP contribution < -0.4 is 15.0 Å². The van der Waals surface area contributed by atoms with Crippen molar-refractivity contribution in [2.75, 3.05) is 13.7 Å². The van der Waals surface area contributed by atoms with Crippen LogP contribution in [0.5, 0.6) is 11.5 Å². The lowest BCUT2D eigenvalue weighted by atomic mass is 10.2. The number of nitrogens with one attached hydrogen (secondary N) is 1. The van der Waals surface area contributed by atoms with E-state index in [0.29, 0.717) is 18.2 Å². The zero-order valence-electron chi connectivity index (χ0n) is 16.2. The van der Waals surface area contributed by atoms with Crippen LogP contribution in [-0.4, -0.2) is 23.7 Å². The fourth-order valence-corrected chi connectivity index (χ4v) is 4.78. The number of hydrogen-bond acceptors (Lipinski definition) is 5. The number of rotatable bonds is 7. The highest BCUT2D eigenvalue weighted by Crippen LogP contribution is 2.34. The third-order valence-corrected chi connectivity index (χ3v) is 6.16. The van der Waals surface area contributed by atoms with Gasteiger partial charge in [-0.2, -0.15) is 0 Å². The molecule has 1 aliphatic carbocycles. The predicted octanol–water partition coefficient (Wildman–Crippen LogP) is 4.83. The van der Waals surface area contributed by atoms with E-state index in [4.69, 9.17) is 9.47 Å². The summed E-state index contributed by atoms with van der Waals surface area (Å²) in [5.41, 5.74) is 2.12. The number of methoxy groups -OCH3 is 1. The first kappa shape index (κ1) is 18.7. The molecule has 0 bridgehead atoms. The van der Waals surface area contributed by atoms with Crippen LogP contribution in [0, 0.1) is 0 Å². The van der Waals surface area contributed by atoms with Gasteiger partial charge in [0.15, 0.2) is 11.5 Å². The fraction of sp³-hybridized carbons (Fsp3) is 0.364. The molecule has 1 N–H and O–H groups in total. The van der Waals surface area contributed by atoms with Crippen LogP contribution in [-0.2, 0) is 12.8 Å². The monoisotopic (exact) mass is 396 g/mol. The molecule has 4 rings (SSSR count). The minimum atomic E-state index is -0.0395. The Hall–Kier alpha value is -2.60. The lowest BCUT2D eigenvalue weighted by Crippen LogP contribution is -2.09. The normalized spacial score (nSPS) is 13.4. The van der Waals surface area contributed by atoms with E-state index in [2.05, 4.69) is 16.9 Å². The van der Waals surface area contributed by atoms with Crippen molar-refractivity contribution in [3.8, 4) is 11.5 Å². The smallest absolute Gasteiger partial charge is 0.260 e. The van der Waals surface area contributed by atoms with Crippen LogP contribution >= 0.6 is 11.3 Å². The van der Waals surface area contributed by atoms with Crippen molar-refractivity contribution in [2.45, 2.75) is 39.0 Å². The number of aryl methyl sites for hydroxylation is 2. The number of hydrogen-bond donors (Lipinski definition) is 1. The van der Waals surface area contributed by atoms with E-state index in [-0.39, 0.29) is 5.56 Å². The predicted molar refractivity (Wildman–Crippen MR) is 115 cm³/mol. The highest BCUT2D eigenvalue weighted by atomic mass is 32.1. The van der Waals surface area contributed by atoms with Crippen molar-refractivity contribution in [1.82, 2.24) is 9.97 Å². The third-order valence-electron chi connectivity index (χ3n) is 4.97. The second-order valence-corrected chi connectivity index (χ2v) is 8.02. The molecule has 2 heterocycles. The van der Waals surface area contributed by atoms with E-state index >= 15 is 0 Å². The largest absolute Gasteiger partial charge is 0.493 e. The Morgan fingerprint density at radius 2 is 2.14 bits per heavy atom. The number of H-pyrrole nitrogens is 1. The van der Waals surface area contributed by atoms with Crippen molar-refractivity contribution in [1.29, 1.82) is 0 Å². The average Bonchev–Trinajstić information content (AvgIpc) is 3.27. The number of fused-ring (bicyclic) bond motifs is 3. The molecule has 1 aromatic carbocycles. The van der Waals surface area contributed by atoms with Gasteiger partial charge in [-0.15, -0.1) is 11.3 Å². The van der Waals surface area contributed by atoms with Crippen LogP contribution in [0.3, 0.4) is 0 Å². The molecule has 0 atom stereocenters. The van der Waals surface area contributed by atoms with Crippen molar-refractivity contribution in [3.05, 3.63) is 50.4 Å². The van der Waals surface area contributed by atoms with E-state index < -0.39 is 0 Å². The van der Waals surface area contributed by atoms with Crippen LogP contribution in [0.15, 0.2) is 23.0 Å². The van der Waals surface area contributed by atoms with E-state index in [1.807, 2.05) is 30.4 Å². The molecule has 0 saturated heterocycles. The topological polar surface area (TPSA) is 64.2 Å². The summed E-state index contributed by atoms with van der Waals surface area (Å²) in [5, 5.41) is 0.783. The highest BCUT2D eigenvalue weighted by molar-refractivity contribution is 7.18.